The summed E-state index contributed by atoms with van der Waals surface area (Å²) in [7, 11) is 0. The van der Waals surface area contributed by atoms with E-state index in [-0.39, 0.29) is 30.2 Å². The van der Waals surface area contributed by atoms with Gasteiger partial charge in [0.05, 0.1) is 11.9 Å². The lowest BCUT2D eigenvalue weighted by Crippen LogP contribution is -2.23. The van der Waals surface area contributed by atoms with E-state index in [9.17, 15) is 18.0 Å². The number of nitrogens with zero attached hydrogens (tertiary/aromatic N) is 3. The third-order valence-corrected chi connectivity index (χ3v) is 5.00. The number of alkyl halides is 2. The third kappa shape index (κ3) is 3.59. The SMILES string of the molecule is O=C(NCc1ccc2c(c1)OCO2)c1cnn2c(C(F)F)cc(-c3ccc(F)cc3)nc12. The number of nitrogens with one attached hydrogen (secondary N) is 1. The first-order chi connectivity index (χ1) is 15.5. The molecular weight excluding hydrogens is 425 g/mol. The van der Waals surface area contributed by atoms with Crippen LogP contribution < -0.4 is 14.8 Å². The number of fused-ring (bicyclic) bond motifs is 2. The monoisotopic (exact) mass is 440 g/mol. The molecule has 4 aromatic rings. The van der Waals surface area contributed by atoms with Gasteiger partial charge >= 0.3 is 0 Å². The quantitative estimate of drug-likeness (QED) is 0.505. The molecule has 0 saturated carbocycles. The Morgan fingerprint density at radius 1 is 1.09 bits per heavy atom. The van der Waals surface area contributed by atoms with Crippen molar-refractivity contribution in [2.75, 3.05) is 6.79 Å². The van der Waals surface area contributed by atoms with E-state index in [4.69, 9.17) is 9.47 Å². The van der Waals surface area contributed by atoms with E-state index in [2.05, 4.69) is 15.4 Å². The number of hydrogen-bond acceptors (Lipinski definition) is 5. The molecule has 1 aliphatic heterocycles. The van der Waals surface area contributed by atoms with Gasteiger partial charge in [0.1, 0.15) is 17.1 Å². The average Bonchev–Trinajstić information content (AvgIpc) is 3.43. The average molecular weight is 440 g/mol. The van der Waals surface area contributed by atoms with E-state index in [1.165, 1.54) is 36.5 Å². The van der Waals surface area contributed by atoms with Gasteiger partial charge in [-0.3, -0.25) is 4.79 Å². The molecule has 0 bridgehead atoms. The fraction of sp³-hybridized carbons (Fsp3) is 0.136. The van der Waals surface area contributed by atoms with Crippen LogP contribution in [0.3, 0.4) is 0 Å². The van der Waals surface area contributed by atoms with Crippen LogP contribution in [0, 0.1) is 5.82 Å². The molecule has 32 heavy (non-hydrogen) atoms. The van der Waals surface area contributed by atoms with Gasteiger partial charge in [-0.05, 0) is 48.0 Å². The maximum absolute atomic E-state index is 13.7. The Bertz CT molecular complexity index is 1320. The molecule has 0 aliphatic carbocycles. The second kappa shape index (κ2) is 7.88. The summed E-state index contributed by atoms with van der Waals surface area (Å²) in [4.78, 5) is 17.2. The summed E-state index contributed by atoms with van der Waals surface area (Å²) in [6.07, 6.45) is -1.67. The molecular formula is C22H15F3N4O3. The Labute approximate surface area is 179 Å². The fourth-order valence-electron chi connectivity index (χ4n) is 3.40. The topological polar surface area (TPSA) is 77.8 Å². The summed E-state index contributed by atoms with van der Waals surface area (Å²) in [6, 6.07) is 11.7. The summed E-state index contributed by atoms with van der Waals surface area (Å²) in [5.41, 5.74) is 0.972. The van der Waals surface area contributed by atoms with Crippen LogP contribution in [0.5, 0.6) is 11.5 Å². The number of hydrogen-bond donors (Lipinski definition) is 1. The largest absolute Gasteiger partial charge is 0.454 e. The van der Waals surface area contributed by atoms with Crippen molar-refractivity contribution in [3.05, 3.63) is 77.4 Å². The minimum Gasteiger partial charge on any atom is -0.454 e. The van der Waals surface area contributed by atoms with Gasteiger partial charge in [-0.1, -0.05) is 6.07 Å². The predicted octanol–water partition coefficient (Wildman–Crippen LogP) is 4.13. The molecule has 1 amide bonds. The molecule has 0 saturated heterocycles. The number of carbonyl (C=O) groups excluding carboxylic acids is 1. The summed E-state index contributed by atoms with van der Waals surface area (Å²) in [5, 5.41) is 6.66. The summed E-state index contributed by atoms with van der Waals surface area (Å²) in [6.45, 7) is 0.314. The Balaban J connectivity index is 1.46. The highest BCUT2D eigenvalue weighted by molar-refractivity contribution is 5.99. The molecule has 3 heterocycles. The molecule has 7 nitrogen and oxygen atoms in total. The lowest BCUT2D eigenvalue weighted by molar-refractivity contribution is 0.0952. The zero-order valence-electron chi connectivity index (χ0n) is 16.4. The number of ether oxygens (including phenoxy) is 2. The van der Waals surface area contributed by atoms with Crippen molar-refractivity contribution in [3.63, 3.8) is 0 Å². The van der Waals surface area contributed by atoms with Crippen LogP contribution in [0.15, 0.2) is 54.7 Å². The Hall–Kier alpha value is -4.08. The van der Waals surface area contributed by atoms with Crippen molar-refractivity contribution in [2.45, 2.75) is 13.0 Å². The van der Waals surface area contributed by atoms with Gasteiger partial charge in [-0.25, -0.2) is 22.7 Å². The lowest BCUT2D eigenvalue weighted by atomic mass is 10.1. The second-order valence-corrected chi connectivity index (χ2v) is 7.04. The van der Waals surface area contributed by atoms with Crippen molar-refractivity contribution >= 4 is 11.6 Å². The summed E-state index contributed by atoms with van der Waals surface area (Å²) in [5.74, 6) is 0.221. The van der Waals surface area contributed by atoms with Crippen molar-refractivity contribution < 1.29 is 27.4 Å². The fourth-order valence-corrected chi connectivity index (χ4v) is 3.40. The van der Waals surface area contributed by atoms with Crippen molar-refractivity contribution in [1.29, 1.82) is 0 Å². The van der Waals surface area contributed by atoms with Crippen molar-refractivity contribution in [2.24, 2.45) is 0 Å². The van der Waals surface area contributed by atoms with Gasteiger partial charge in [-0.2, -0.15) is 5.10 Å². The normalized spacial score (nSPS) is 12.5. The van der Waals surface area contributed by atoms with E-state index in [1.54, 1.807) is 18.2 Å². The van der Waals surface area contributed by atoms with E-state index in [0.717, 1.165) is 10.1 Å². The Morgan fingerprint density at radius 3 is 2.66 bits per heavy atom. The van der Waals surface area contributed by atoms with Crippen LogP contribution in [0.2, 0.25) is 0 Å². The van der Waals surface area contributed by atoms with Crippen LogP contribution in [0.25, 0.3) is 16.9 Å². The maximum Gasteiger partial charge on any atom is 0.280 e. The molecule has 162 valence electrons. The molecule has 1 N–H and O–H groups in total. The van der Waals surface area contributed by atoms with E-state index in [0.29, 0.717) is 17.1 Å². The number of amides is 1. The van der Waals surface area contributed by atoms with E-state index >= 15 is 0 Å². The first kappa shape index (κ1) is 19.9. The molecule has 1 aliphatic rings. The Morgan fingerprint density at radius 2 is 1.88 bits per heavy atom. The molecule has 0 radical (unpaired) electrons. The molecule has 0 spiro atoms. The molecule has 5 rings (SSSR count). The van der Waals surface area contributed by atoms with Gasteiger partial charge in [0, 0.05) is 12.1 Å². The van der Waals surface area contributed by atoms with Gasteiger partial charge in [0.15, 0.2) is 17.1 Å². The first-order valence-corrected chi connectivity index (χ1v) is 9.59. The standard InChI is InChI=1S/C22H15F3N4O3/c23-14-4-2-13(3-5-14)16-8-17(20(24)25)29-21(28-16)15(10-27-29)22(30)26-9-12-1-6-18-19(7-12)32-11-31-18/h1-8,10,20H,9,11H2,(H,26,30). The first-order valence-electron chi connectivity index (χ1n) is 9.59. The number of halogens is 3. The van der Waals surface area contributed by atoms with Crippen molar-refractivity contribution in [3.8, 4) is 22.8 Å². The van der Waals surface area contributed by atoms with Crippen LogP contribution in [0.1, 0.15) is 28.0 Å². The highest BCUT2D eigenvalue weighted by Gasteiger charge is 2.22. The maximum atomic E-state index is 13.7. The minimum atomic E-state index is -2.86. The molecule has 2 aromatic carbocycles. The highest BCUT2D eigenvalue weighted by atomic mass is 19.3. The van der Waals surface area contributed by atoms with Crippen LogP contribution in [0.4, 0.5) is 13.2 Å². The van der Waals surface area contributed by atoms with Gasteiger partial charge < -0.3 is 14.8 Å². The molecule has 0 fully saturated rings. The molecule has 0 unspecified atom stereocenters. The number of benzene rings is 2. The highest BCUT2D eigenvalue weighted by Crippen LogP contribution is 2.32. The zero-order chi connectivity index (χ0) is 22.2. The van der Waals surface area contributed by atoms with Crippen LogP contribution in [-0.4, -0.2) is 27.3 Å². The van der Waals surface area contributed by atoms with Crippen LogP contribution in [-0.2, 0) is 6.54 Å². The van der Waals surface area contributed by atoms with Gasteiger partial charge in [0.2, 0.25) is 6.79 Å². The van der Waals surface area contributed by atoms with E-state index < -0.39 is 23.8 Å². The summed E-state index contributed by atoms with van der Waals surface area (Å²) < 4.78 is 52.1. The molecule has 0 atom stereocenters. The third-order valence-electron chi connectivity index (χ3n) is 5.00. The van der Waals surface area contributed by atoms with E-state index in [1.807, 2.05) is 0 Å². The second-order valence-electron chi connectivity index (χ2n) is 7.04. The Kier molecular flexibility index (Phi) is 4.89. The number of rotatable bonds is 5. The molecule has 2 aromatic heterocycles. The minimum absolute atomic E-state index is 0.0229. The summed E-state index contributed by atoms with van der Waals surface area (Å²) >= 11 is 0. The number of carbonyl (C=O) groups is 1. The zero-order valence-corrected chi connectivity index (χ0v) is 16.4. The number of aromatic nitrogens is 3. The van der Waals surface area contributed by atoms with Crippen molar-refractivity contribution in [1.82, 2.24) is 19.9 Å². The van der Waals surface area contributed by atoms with Gasteiger partial charge in [-0.15, -0.1) is 0 Å². The van der Waals surface area contributed by atoms with Crippen LogP contribution >= 0.6 is 0 Å². The van der Waals surface area contributed by atoms with Gasteiger partial charge in [0.25, 0.3) is 12.3 Å². The predicted molar refractivity (Wildman–Crippen MR) is 107 cm³/mol. The smallest absolute Gasteiger partial charge is 0.280 e. The molecule has 10 heteroatoms. The lowest BCUT2D eigenvalue weighted by Gasteiger charge is -2.09.